The molecule has 0 saturated heterocycles. The molecule has 74 valence electrons. The predicted molar refractivity (Wildman–Crippen MR) is 61.5 cm³/mol. The highest BCUT2D eigenvalue weighted by molar-refractivity contribution is 7.98. The molecule has 0 aromatic heterocycles. The third-order valence-electron chi connectivity index (χ3n) is 2.58. The smallest absolute Gasteiger partial charge is 0.153 e. The van der Waals surface area contributed by atoms with E-state index in [1.165, 1.54) is 9.73 Å². The summed E-state index contributed by atoms with van der Waals surface area (Å²) in [6.45, 7) is 12.3. The van der Waals surface area contributed by atoms with Crippen molar-refractivity contribution in [1.82, 2.24) is 0 Å². The monoisotopic (exact) mass is 198 g/mol. The van der Waals surface area contributed by atoms with Crippen molar-refractivity contribution in [3.8, 4) is 0 Å². The van der Waals surface area contributed by atoms with Crippen LogP contribution < -0.4 is 0 Å². The lowest BCUT2D eigenvalue weighted by Gasteiger charge is -2.48. The molecule has 0 aromatic rings. The summed E-state index contributed by atoms with van der Waals surface area (Å²) in [5, 5.41) is 0. The van der Waals surface area contributed by atoms with Gasteiger partial charge in [0.2, 0.25) is 0 Å². The second-order valence-electron chi connectivity index (χ2n) is 4.92. The minimum Gasteiger partial charge on any atom is -0.298 e. The van der Waals surface area contributed by atoms with Gasteiger partial charge in [0.25, 0.3) is 0 Å². The van der Waals surface area contributed by atoms with Crippen LogP contribution in [-0.2, 0) is 4.79 Å². The van der Waals surface area contributed by atoms with Crippen LogP contribution in [0.15, 0.2) is 0 Å². The lowest BCUT2D eigenvalue weighted by atomic mass is 9.55. The molecule has 1 nitrogen and oxygen atoms in total. The molecule has 1 aliphatic rings. The first kappa shape index (κ1) is 10.7. The Morgan fingerprint density at radius 3 is 1.77 bits per heavy atom. The van der Waals surface area contributed by atoms with Crippen LogP contribution in [-0.4, -0.2) is 15.5 Å². The summed E-state index contributed by atoms with van der Waals surface area (Å²) in [5.41, 5.74) is -0.434. The summed E-state index contributed by atoms with van der Waals surface area (Å²) in [6, 6.07) is 0. The molecule has 1 saturated carbocycles. The summed E-state index contributed by atoms with van der Waals surface area (Å²) in [6.07, 6.45) is 0. The zero-order valence-corrected chi connectivity index (χ0v) is 10.1. The molecule has 0 bridgehead atoms. The van der Waals surface area contributed by atoms with Crippen molar-refractivity contribution in [2.24, 2.45) is 10.8 Å². The highest BCUT2D eigenvalue weighted by Gasteiger charge is 2.57. The summed E-state index contributed by atoms with van der Waals surface area (Å²) < 4.78 is 0. The van der Waals surface area contributed by atoms with Crippen molar-refractivity contribution in [1.29, 1.82) is 0 Å². The Balaban J connectivity index is 3.29. The van der Waals surface area contributed by atoms with E-state index in [2.05, 4.69) is 13.8 Å². The van der Waals surface area contributed by atoms with Gasteiger partial charge in [-0.2, -0.15) is 10.9 Å². The van der Waals surface area contributed by atoms with Crippen LogP contribution in [0.1, 0.15) is 41.5 Å². The van der Waals surface area contributed by atoms with E-state index in [1.807, 2.05) is 27.7 Å². The van der Waals surface area contributed by atoms with Gasteiger partial charge in [0.05, 0.1) is 10.8 Å². The van der Waals surface area contributed by atoms with E-state index in [9.17, 15) is 4.79 Å². The zero-order chi connectivity index (χ0) is 10.4. The van der Waals surface area contributed by atoms with Crippen molar-refractivity contribution in [3.05, 3.63) is 0 Å². The maximum Gasteiger partial charge on any atom is 0.153 e. The normalized spacial score (nSPS) is 23.8. The number of carbonyl (C=O) groups is 1. The fourth-order valence-electron chi connectivity index (χ4n) is 2.17. The predicted octanol–water partition coefficient (Wildman–Crippen LogP) is 2.74. The average Bonchev–Trinajstić information content (AvgIpc) is 1.98. The SMILES string of the molecule is CC(C)=S=C1C(C)(C)C(=O)C1(C)C. The van der Waals surface area contributed by atoms with E-state index in [1.54, 1.807) is 10.9 Å². The Kier molecular flexibility index (Phi) is 2.31. The van der Waals surface area contributed by atoms with Gasteiger partial charge in [0.1, 0.15) is 0 Å². The van der Waals surface area contributed by atoms with Gasteiger partial charge in [-0.15, -0.1) is 0 Å². The Morgan fingerprint density at radius 1 is 1.08 bits per heavy atom. The molecule has 0 heterocycles. The summed E-state index contributed by atoms with van der Waals surface area (Å²) >= 11 is 0. The van der Waals surface area contributed by atoms with E-state index >= 15 is 0 Å². The zero-order valence-electron chi connectivity index (χ0n) is 9.32. The molecule has 1 rings (SSSR count). The molecule has 0 aromatic carbocycles. The highest BCUT2D eigenvalue weighted by Crippen LogP contribution is 2.47. The number of rotatable bonds is 0. The standard InChI is InChI=1S/C11H18OS/c1-7(2)13-9-10(3,4)8(12)11(9,5)6/h1-6H3. The summed E-state index contributed by atoms with van der Waals surface area (Å²) in [4.78, 5) is 14.4. The lowest BCUT2D eigenvalue weighted by Crippen LogP contribution is -2.60. The molecule has 0 aliphatic heterocycles. The van der Waals surface area contributed by atoms with Crippen LogP contribution in [0.4, 0.5) is 0 Å². The quantitative estimate of drug-likeness (QED) is 0.547. The Hall–Kier alpha value is -0.370. The van der Waals surface area contributed by atoms with E-state index in [-0.39, 0.29) is 10.8 Å². The number of ketones is 1. The second-order valence-corrected chi connectivity index (χ2v) is 6.35. The fraction of sp³-hybridized carbons (Fsp3) is 0.727. The molecule has 0 unspecified atom stereocenters. The number of hydrogen-bond acceptors (Lipinski definition) is 1. The van der Waals surface area contributed by atoms with Gasteiger partial charge < -0.3 is 0 Å². The lowest BCUT2D eigenvalue weighted by molar-refractivity contribution is -0.134. The van der Waals surface area contributed by atoms with Crippen LogP contribution in [0.2, 0.25) is 0 Å². The van der Waals surface area contributed by atoms with Gasteiger partial charge in [-0.05, 0) is 46.4 Å². The van der Waals surface area contributed by atoms with Crippen molar-refractivity contribution in [2.45, 2.75) is 41.5 Å². The van der Waals surface area contributed by atoms with Crippen LogP contribution in [0.5, 0.6) is 0 Å². The molecule has 0 N–H and O–H groups in total. The maximum absolute atomic E-state index is 11.8. The summed E-state index contributed by atoms with van der Waals surface area (Å²) in [7, 11) is 1.77. The largest absolute Gasteiger partial charge is 0.298 e. The first-order valence-corrected chi connectivity index (χ1v) is 5.43. The van der Waals surface area contributed by atoms with Crippen molar-refractivity contribution in [2.75, 3.05) is 0 Å². The van der Waals surface area contributed by atoms with E-state index in [4.69, 9.17) is 0 Å². The topological polar surface area (TPSA) is 17.1 Å². The highest BCUT2D eigenvalue weighted by atomic mass is 32.1. The van der Waals surface area contributed by atoms with E-state index in [0.29, 0.717) is 5.78 Å². The number of carbonyl (C=O) groups excluding carboxylic acids is 1. The van der Waals surface area contributed by atoms with Crippen molar-refractivity contribution < 1.29 is 4.79 Å². The number of hydrogen-bond donors (Lipinski definition) is 0. The van der Waals surface area contributed by atoms with E-state index in [0.717, 1.165) is 0 Å². The molecule has 2 heteroatoms. The molecule has 0 radical (unpaired) electrons. The molecular weight excluding hydrogens is 180 g/mol. The van der Waals surface area contributed by atoms with Gasteiger partial charge >= 0.3 is 0 Å². The Bertz CT molecular complexity index is 304. The van der Waals surface area contributed by atoms with Crippen molar-refractivity contribution >= 4 is 26.5 Å². The first-order chi connectivity index (χ1) is 5.70. The van der Waals surface area contributed by atoms with Crippen LogP contribution in [0.25, 0.3) is 0 Å². The fourth-order valence-corrected chi connectivity index (χ4v) is 3.27. The second kappa shape index (κ2) is 2.81. The molecule has 13 heavy (non-hydrogen) atoms. The average molecular weight is 198 g/mol. The van der Waals surface area contributed by atoms with Crippen LogP contribution >= 0.6 is 10.9 Å². The van der Waals surface area contributed by atoms with Crippen LogP contribution in [0.3, 0.4) is 0 Å². The summed E-state index contributed by atoms with van der Waals surface area (Å²) in [5.74, 6) is 0.365. The minimum absolute atomic E-state index is 0.217. The Morgan fingerprint density at radius 2 is 1.46 bits per heavy atom. The molecular formula is C11H18OS. The molecule has 0 amide bonds. The van der Waals surface area contributed by atoms with Gasteiger partial charge in [-0.1, -0.05) is 0 Å². The molecule has 1 aliphatic carbocycles. The Labute approximate surface area is 84.1 Å². The molecule has 1 fully saturated rings. The molecule has 0 spiro atoms. The van der Waals surface area contributed by atoms with Gasteiger partial charge in [0, 0.05) is 4.86 Å². The number of Topliss-reactive ketones (excluding diaryl/α,β-unsaturated/α-hetero) is 1. The van der Waals surface area contributed by atoms with E-state index < -0.39 is 0 Å². The van der Waals surface area contributed by atoms with Crippen molar-refractivity contribution in [3.63, 3.8) is 0 Å². The third-order valence-corrected chi connectivity index (χ3v) is 4.21. The maximum atomic E-state index is 11.8. The van der Waals surface area contributed by atoms with Gasteiger partial charge in [-0.3, -0.25) is 4.79 Å². The first-order valence-electron chi connectivity index (χ1n) is 4.61. The van der Waals surface area contributed by atoms with Gasteiger partial charge in [-0.25, -0.2) is 0 Å². The minimum atomic E-state index is -0.217. The van der Waals surface area contributed by atoms with Crippen LogP contribution in [0, 0.1) is 10.8 Å². The third kappa shape index (κ3) is 1.41. The molecule has 0 atom stereocenters. The van der Waals surface area contributed by atoms with Gasteiger partial charge in [0.15, 0.2) is 5.78 Å².